The number of halogens is 1. The van der Waals surface area contributed by atoms with Crippen molar-refractivity contribution in [3.05, 3.63) is 28.2 Å². The molecule has 1 atom stereocenters. The monoisotopic (exact) mass is 268 g/mol. The smallest absolute Gasteiger partial charge is 0.0357 e. The quantitative estimate of drug-likeness (QED) is 0.836. The molecule has 1 saturated heterocycles. The standard InChI is InChI=1S/C12H17BrN2/c1-15-5-4-9(8-15)6-10-2-3-11(13)7-12(10)14/h2-3,7,9H,4-6,8,14H2,1H3. The third kappa shape index (κ3) is 2.73. The fourth-order valence-corrected chi connectivity index (χ4v) is 2.63. The van der Waals surface area contributed by atoms with Gasteiger partial charge in [0.25, 0.3) is 0 Å². The minimum absolute atomic E-state index is 0.776. The van der Waals surface area contributed by atoms with Crippen molar-refractivity contribution in [2.24, 2.45) is 5.92 Å². The molecule has 1 aliphatic heterocycles. The van der Waals surface area contributed by atoms with Crippen molar-refractivity contribution >= 4 is 21.6 Å². The summed E-state index contributed by atoms with van der Waals surface area (Å²) in [6, 6.07) is 6.20. The zero-order valence-electron chi connectivity index (χ0n) is 9.04. The highest BCUT2D eigenvalue weighted by Gasteiger charge is 2.20. The van der Waals surface area contributed by atoms with Crippen molar-refractivity contribution < 1.29 is 0 Å². The van der Waals surface area contributed by atoms with Gasteiger partial charge < -0.3 is 10.6 Å². The van der Waals surface area contributed by atoms with Gasteiger partial charge in [-0.1, -0.05) is 22.0 Å². The van der Waals surface area contributed by atoms with Gasteiger partial charge in [0.05, 0.1) is 0 Å². The first-order chi connectivity index (χ1) is 7.15. The molecule has 0 aromatic heterocycles. The van der Waals surface area contributed by atoms with Crippen LogP contribution in [0.4, 0.5) is 5.69 Å². The summed E-state index contributed by atoms with van der Waals surface area (Å²) in [5.74, 6) is 0.776. The largest absolute Gasteiger partial charge is 0.398 e. The maximum Gasteiger partial charge on any atom is 0.0357 e. The summed E-state index contributed by atoms with van der Waals surface area (Å²) in [5.41, 5.74) is 8.20. The van der Waals surface area contributed by atoms with E-state index in [4.69, 9.17) is 5.73 Å². The molecule has 0 radical (unpaired) electrons. The molecular formula is C12H17BrN2. The molecule has 15 heavy (non-hydrogen) atoms. The molecule has 1 aromatic rings. The molecule has 1 heterocycles. The normalized spacial score (nSPS) is 22.1. The van der Waals surface area contributed by atoms with E-state index >= 15 is 0 Å². The van der Waals surface area contributed by atoms with E-state index in [0.717, 1.165) is 22.5 Å². The lowest BCUT2D eigenvalue weighted by molar-refractivity contribution is 0.394. The number of nitrogens with zero attached hydrogens (tertiary/aromatic N) is 1. The van der Waals surface area contributed by atoms with E-state index in [1.165, 1.54) is 25.1 Å². The molecule has 2 rings (SSSR count). The number of nitrogens with two attached hydrogens (primary N) is 1. The van der Waals surface area contributed by atoms with Crippen molar-refractivity contribution in [1.29, 1.82) is 0 Å². The maximum absolute atomic E-state index is 5.99. The molecule has 2 nitrogen and oxygen atoms in total. The molecule has 1 aromatic carbocycles. The van der Waals surface area contributed by atoms with E-state index in [1.807, 2.05) is 6.07 Å². The summed E-state index contributed by atoms with van der Waals surface area (Å²) in [6.07, 6.45) is 2.41. The van der Waals surface area contributed by atoms with E-state index in [-0.39, 0.29) is 0 Å². The minimum Gasteiger partial charge on any atom is -0.398 e. The Balaban J connectivity index is 2.04. The van der Waals surface area contributed by atoms with Crippen LogP contribution in [0.15, 0.2) is 22.7 Å². The lowest BCUT2D eigenvalue weighted by Crippen LogP contribution is -2.15. The molecule has 0 bridgehead atoms. The molecule has 1 unspecified atom stereocenters. The van der Waals surface area contributed by atoms with Gasteiger partial charge in [-0.15, -0.1) is 0 Å². The van der Waals surface area contributed by atoms with Gasteiger partial charge in [-0.2, -0.15) is 0 Å². The Morgan fingerprint density at radius 2 is 2.33 bits per heavy atom. The maximum atomic E-state index is 5.99. The van der Waals surface area contributed by atoms with Crippen LogP contribution in [-0.2, 0) is 6.42 Å². The molecule has 0 aliphatic carbocycles. The van der Waals surface area contributed by atoms with Crippen LogP contribution in [0.25, 0.3) is 0 Å². The second-order valence-corrected chi connectivity index (χ2v) is 5.38. The first kappa shape index (κ1) is 11.0. The summed E-state index contributed by atoms with van der Waals surface area (Å²) in [7, 11) is 2.19. The van der Waals surface area contributed by atoms with Crippen LogP contribution < -0.4 is 5.73 Å². The summed E-state index contributed by atoms with van der Waals surface area (Å²) in [6.45, 7) is 2.43. The Labute approximate surface area is 99.6 Å². The highest BCUT2D eigenvalue weighted by Crippen LogP contribution is 2.25. The topological polar surface area (TPSA) is 29.3 Å². The third-order valence-electron chi connectivity index (χ3n) is 3.11. The average Bonchev–Trinajstić information content (AvgIpc) is 2.56. The first-order valence-corrected chi connectivity index (χ1v) is 6.17. The summed E-state index contributed by atoms with van der Waals surface area (Å²) in [5, 5.41) is 0. The van der Waals surface area contributed by atoms with Crippen LogP contribution in [0.3, 0.4) is 0 Å². The second kappa shape index (κ2) is 4.54. The van der Waals surface area contributed by atoms with Gasteiger partial charge in [-0.3, -0.25) is 0 Å². The van der Waals surface area contributed by atoms with Crippen molar-refractivity contribution in [3.63, 3.8) is 0 Å². The molecule has 0 saturated carbocycles. The van der Waals surface area contributed by atoms with Gasteiger partial charge >= 0.3 is 0 Å². The Morgan fingerprint density at radius 1 is 1.53 bits per heavy atom. The Kier molecular flexibility index (Phi) is 3.32. The Morgan fingerprint density at radius 3 is 2.93 bits per heavy atom. The van der Waals surface area contributed by atoms with Crippen LogP contribution in [0.2, 0.25) is 0 Å². The second-order valence-electron chi connectivity index (χ2n) is 4.46. The summed E-state index contributed by atoms with van der Waals surface area (Å²) < 4.78 is 1.06. The van der Waals surface area contributed by atoms with Gasteiger partial charge in [0.1, 0.15) is 0 Å². The van der Waals surface area contributed by atoms with Crippen LogP contribution in [0.5, 0.6) is 0 Å². The van der Waals surface area contributed by atoms with Gasteiger partial charge in [0, 0.05) is 16.7 Å². The zero-order chi connectivity index (χ0) is 10.8. The Hall–Kier alpha value is -0.540. The molecule has 3 heteroatoms. The number of rotatable bonds is 2. The van der Waals surface area contributed by atoms with Crippen LogP contribution in [0.1, 0.15) is 12.0 Å². The van der Waals surface area contributed by atoms with Crippen molar-refractivity contribution in [2.45, 2.75) is 12.8 Å². The lowest BCUT2D eigenvalue weighted by Gasteiger charge is -2.12. The molecule has 1 aliphatic rings. The van der Waals surface area contributed by atoms with E-state index in [2.05, 4.69) is 40.0 Å². The van der Waals surface area contributed by atoms with Gasteiger partial charge in [-0.25, -0.2) is 0 Å². The predicted molar refractivity (Wildman–Crippen MR) is 67.9 cm³/mol. The molecule has 2 N–H and O–H groups in total. The van der Waals surface area contributed by atoms with E-state index in [9.17, 15) is 0 Å². The number of anilines is 1. The van der Waals surface area contributed by atoms with Crippen molar-refractivity contribution in [3.8, 4) is 0 Å². The van der Waals surface area contributed by atoms with Gasteiger partial charge in [0.2, 0.25) is 0 Å². The van der Waals surface area contributed by atoms with Crippen LogP contribution >= 0.6 is 15.9 Å². The zero-order valence-corrected chi connectivity index (χ0v) is 10.6. The third-order valence-corrected chi connectivity index (χ3v) is 3.60. The SMILES string of the molecule is CN1CCC(Cc2ccc(Br)cc2N)C1. The molecule has 82 valence electrons. The average molecular weight is 269 g/mol. The van der Waals surface area contributed by atoms with E-state index < -0.39 is 0 Å². The Bertz CT molecular complexity index is 351. The molecule has 0 spiro atoms. The summed E-state index contributed by atoms with van der Waals surface area (Å²) >= 11 is 3.43. The molecule has 0 amide bonds. The predicted octanol–water partition coefficient (Wildman–Crippen LogP) is 2.53. The number of nitrogen functional groups attached to an aromatic ring is 1. The van der Waals surface area contributed by atoms with E-state index in [1.54, 1.807) is 0 Å². The summed E-state index contributed by atoms with van der Waals surface area (Å²) in [4.78, 5) is 2.39. The number of hydrogen-bond donors (Lipinski definition) is 1. The number of benzene rings is 1. The van der Waals surface area contributed by atoms with Gasteiger partial charge in [0.15, 0.2) is 0 Å². The first-order valence-electron chi connectivity index (χ1n) is 5.37. The fraction of sp³-hybridized carbons (Fsp3) is 0.500. The minimum atomic E-state index is 0.776. The fourth-order valence-electron chi connectivity index (χ4n) is 2.26. The van der Waals surface area contributed by atoms with Crippen molar-refractivity contribution in [2.75, 3.05) is 25.9 Å². The van der Waals surface area contributed by atoms with E-state index in [0.29, 0.717) is 0 Å². The number of hydrogen-bond acceptors (Lipinski definition) is 2. The van der Waals surface area contributed by atoms with Crippen molar-refractivity contribution in [1.82, 2.24) is 4.90 Å². The molecule has 1 fully saturated rings. The molecular weight excluding hydrogens is 252 g/mol. The highest BCUT2D eigenvalue weighted by atomic mass is 79.9. The lowest BCUT2D eigenvalue weighted by atomic mass is 9.97. The van der Waals surface area contributed by atoms with Gasteiger partial charge in [-0.05, 0) is 50.0 Å². The number of likely N-dealkylation sites (tertiary alicyclic amines) is 1. The van der Waals surface area contributed by atoms with Crippen LogP contribution in [0, 0.1) is 5.92 Å². The highest BCUT2D eigenvalue weighted by molar-refractivity contribution is 9.10. The van der Waals surface area contributed by atoms with Crippen LogP contribution in [-0.4, -0.2) is 25.0 Å².